The maximum absolute atomic E-state index is 4.19. The molecule has 7 rings (SSSR count). The second kappa shape index (κ2) is 21.4. The average molecular weight is 943 g/mol. The minimum atomic E-state index is -0.122. The molecule has 0 fully saturated rings. The van der Waals surface area contributed by atoms with E-state index >= 15 is 0 Å². The topological polar surface area (TPSA) is 18.5 Å². The van der Waals surface area contributed by atoms with Gasteiger partial charge in [-0.1, -0.05) is 196 Å². The van der Waals surface area contributed by atoms with Crippen LogP contribution in [-0.2, 0) is 21.7 Å². The van der Waals surface area contributed by atoms with Crippen LogP contribution in [0.25, 0.3) is 11.1 Å². The molecule has 0 aliphatic heterocycles. The van der Waals surface area contributed by atoms with E-state index in [0.717, 1.165) is 50.0 Å². The van der Waals surface area contributed by atoms with Crippen LogP contribution in [0.2, 0.25) is 0 Å². The second-order valence-corrected chi connectivity index (χ2v) is 21.5. The predicted octanol–water partition coefficient (Wildman–Crippen LogP) is 20.0. The highest BCUT2D eigenvalue weighted by atomic mass is 79.9. The SMILES string of the molecule is CC.CC.CC(C)(C)c1ccc(N(c2ccc(C(C)(C)C)cc2)c2cc(C(C)(C)C)cc(Nc3cccc(N(c4ccccc4)c4ccc(C(C)(C)C)cc4-c4ccccc4)c3)c2Br)cc1. The second-order valence-electron chi connectivity index (χ2n) is 20.7. The Morgan fingerprint density at radius 1 is 0.364 bits per heavy atom. The number of para-hydroxylation sites is 1. The number of benzene rings is 7. The molecule has 66 heavy (non-hydrogen) atoms. The highest BCUT2D eigenvalue weighted by Crippen LogP contribution is 2.47. The summed E-state index contributed by atoms with van der Waals surface area (Å²) in [6.45, 7) is 35.3. The molecule has 7 aromatic rings. The van der Waals surface area contributed by atoms with Crippen LogP contribution in [-0.4, -0.2) is 0 Å². The van der Waals surface area contributed by atoms with E-state index in [1.54, 1.807) is 0 Å². The Balaban J connectivity index is 0.00000199. The largest absolute Gasteiger partial charge is 0.354 e. The molecule has 0 atom stereocenters. The lowest BCUT2D eigenvalue weighted by atomic mass is 9.84. The lowest BCUT2D eigenvalue weighted by Crippen LogP contribution is -2.17. The minimum Gasteiger partial charge on any atom is -0.354 e. The minimum absolute atomic E-state index is 0.00135. The van der Waals surface area contributed by atoms with Crippen molar-refractivity contribution in [2.75, 3.05) is 15.1 Å². The van der Waals surface area contributed by atoms with Crippen molar-refractivity contribution in [3.8, 4) is 11.1 Å². The number of hydrogen-bond acceptors (Lipinski definition) is 3. The van der Waals surface area contributed by atoms with E-state index in [1.165, 1.54) is 33.4 Å². The third kappa shape index (κ3) is 12.2. The normalized spacial score (nSPS) is 11.7. The molecule has 4 heteroatoms. The van der Waals surface area contributed by atoms with Crippen molar-refractivity contribution < 1.29 is 0 Å². The molecule has 0 radical (unpaired) electrons. The fourth-order valence-corrected chi connectivity index (χ4v) is 8.38. The van der Waals surface area contributed by atoms with Crippen LogP contribution in [0.3, 0.4) is 0 Å². The van der Waals surface area contributed by atoms with Crippen LogP contribution in [0.15, 0.2) is 168 Å². The Morgan fingerprint density at radius 2 is 0.788 bits per heavy atom. The predicted molar refractivity (Wildman–Crippen MR) is 296 cm³/mol. The van der Waals surface area contributed by atoms with Crippen molar-refractivity contribution in [1.82, 2.24) is 0 Å². The van der Waals surface area contributed by atoms with E-state index in [1.807, 2.05) is 27.7 Å². The zero-order valence-corrected chi connectivity index (χ0v) is 44.4. The lowest BCUT2D eigenvalue weighted by Gasteiger charge is -2.32. The zero-order valence-electron chi connectivity index (χ0n) is 42.9. The van der Waals surface area contributed by atoms with Gasteiger partial charge in [-0.05, 0) is 144 Å². The molecule has 0 bridgehead atoms. The summed E-state index contributed by atoms with van der Waals surface area (Å²) in [5, 5.41) is 3.91. The first-order valence-corrected chi connectivity index (χ1v) is 24.8. The molecule has 0 saturated heterocycles. The summed E-state index contributed by atoms with van der Waals surface area (Å²) in [7, 11) is 0. The molecule has 3 nitrogen and oxygen atoms in total. The number of nitrogens with one attached hydrogen (secondary N) is 1. The van der Waals surface area contributed by atoms with Crippen molar-refractivity contribution in [3.63, 3.8) is 0 Å². The molecule has 0 unspecified atom stereocenters. The van der Waals surface area contributed by atoms with Gasteiger partial charge in [-0.2, -0.15) is 0 Å². The maximum atomic E-state index is 4.19. The molecule has 0 heterocycles. The van der Waals surface area contributed by atoms with Gasteiger partial charge in [0.15, 0.2) is 0 Å². The first-order valence-electron chi connectivity index (χ1n) is 24.0. The molecular weight excluding hydrogens is 867 g/mol. The van der Waals surface area contributed by atoms with Crippen LogP contribution in [0.5, 0.6) is 0 Å². The quantitative estimate of drug-likeness (QED) is 0.156. The van der Waals surface area contributed by atoms with Gasteiger partial charge in [0.05, 0.1) is 21.5 Å². The van der Waals surface area contributed by atoms with Gasteiger partial charge in [-0.3, -0.25) is 0 Å². The van der Waals surface area contributed by atoms with Crippen molar-refractivity contribution in [2.24, 2.45) is 0 Å². The maximum Gasteiger partial charge on any atom is 0.0651 e. The fraction of sp³-hybridized carbons (Fsp3) is 0.323. The number of nitrogens with zero attached hydrogens (tertiary/aromatic N) is 2. The Labute approximate surface area is 408 Å². The van der Waals surface area contributed by atoms with E-state index in [4.69, 9.17) is 0 Å². The van der Waals surface area contributed by atoms with Crippen molar-refractivity contribution in [3.05, 3.63) is 191 Å². The third-order valence-corrected chi connectivity index (χ3v) is 12.6. The summed E-state index contributed by atoms with van der Waals surface area (Å²) in [5.41, 5.74) is 16.0. The van der Waals surface area contributed by atoms with Crippen LogP contribution in [0.1, 0.15) is 133 Å². The van der Waals surface area contributed by atoms with Gasteiger partial charge in [0, 0.05) is 34.0 Å². The van der Waals surface area contributed by atoms with Gasteiger partial charge >= 0.3 is 0 Å². The first kappa shape index (κ1) is 51.4. The van der Waals surface area contributed by atoms with Gasteiger partial charge < -0.3 is 15.1 Å². The van der Waals surface area contributed by atoms with Crippen molar-refractivity contribution in [2.45, 2.75) is 132 Å². The van der Waals surface area contributed by atoms with Gasteiger partial charge in [-0.25, -0.2) is 0 Å². The number of rotatable bonds is 9. The molecular formula is C62H76BrN3. The van der Waals surface area contributed by atoms with E-state index in [-0.39, 0.29) is 21.7 Å². The smallest absolute Gasteiger partial charge is 0.0651 e. The Bertz CT molecular complexity index is 2560. The Morgan fingerprint density at radius 3 is 1.27 bits per heavy atom. The van der Waals surface area contributed by atoms with E-state index in [9.17, 15) is 0 Å². The molecule has 7 aromatic carbocycles. The van der Waals surface area contributed by atoms with E-state index in [2.05, 4.69) is 278 Å². The molecule has 0 aromatic heterocycles. The van der Waals surface area contributed by atoms with Crippen LogP contribution >= 0.6 is 15.9 Å². The lowest BCUT2D eigenvalue weighted by molar-refractivity contribution is 0.589. The zero-order chi connectivity index (χ0) is 48.6. The summed E-state index contributed by atoms with van der Waals surface area (Å²) in [4.78, 5) is 4.78. The van der Waals surface area contributed by atoms with Crippen LogP contribution in [0.4, 0.5) is 45.5 Å². The average Bonchev–Trinajstić information content (AvgIpc) is 3.29. The Kier molecular flexibility index (Phi) is 16.6. The van der Waals surface area contributed by atoms with Crippen LogP contribution in [0, 0.1) is 0 Å². The summed E-state index contributed by atoms with van der Waals surface area (Å²) < 4.78 is 0.986. The summed E-state index contributed by atoms with van der Waals surface area (Å²) in [6.07, 6.45) is 0. The first-order chi connectivity index (χ1) is 31.2. The molecule has 1 N–H and O–H groups in total. The Hall–Kier alpha value is -5.58. The van der Waals surface area contributed by atoms with Gasteiger partial charge in [0.1, 0.15) is 0 Å². The highest BCUT2D eigenvalue weighted by Gasteiger charge is 2.26. The number of halogens is 1. The van der Waals surface area contributed by atoms with Crippen molar-refractivity contribution in [1.29, 1.82) is 0 Å². The molecule has 0 saturated carbocycles. The third-order valence-electron chi connectivity index (χ3n) is 11.7. The van der Waals surface area contributed by atoms with Crippen LogP contribution < -0.4 is 15.1 Å². The standard InChI is InChI=1S/C58H64BrN3.2C2H6/c1-55(2,3)41-26-31-47(32-27-41)61(48-33-28-42(29-34-48)56(4,5)6)53-38-44(58(10,11)12)37-51(54(53)59)60-45-22-19-25-49(39-45)62(46-23-17-14-18-24-46)52-35-30-43(57(7,8)9)36-50(52)40-20-15-13-16-21-40;2*1-2/h13-39,60H,1-12H3;2*1-2H3. The fourth-order valence-electron chi connectivity index (χ4n) is 7.87. The molecule has 0 aliphatic rings. The van der Waals surface area contributed by atoms with Gasteiger partial charge in [0.2, 0.25) is 0 Å². The molecule has 346 valence electrons. The van der Waals surface area contributed by atoms with Crippen molar-refractivity contribution >= 4 is 61.4 Å². The molecule has 0 aliphatic carbocycles. The van der Waals surface area contributed by atoms with Gasteiger partial charge in [-0.15, -0.1) is 0 Å². The monoisotopic (exact) mass is 942 g/mol. The number of anilines is 8. The summed E-state index contributed by atoms with van der Waals surface area (Å²) >= 11 is 4.19. The summed E-state index contributed by atoms with van der Waals surface area (Å²) in [6, 6.07) is 60.0. The number of hydrogen-bond donors (Lipinski definition) is 1. The van der Waals surface area contributed by atoms with E-state index in [0.29, 0.717) is 0 Å². The van der Waals surface area contributed by atoms with Gasteiger partial charge in [0.25, 0.3) is 0 Å². The highest BCUT2D eigenvalue weighted by molar-refractivity contribution is 9.10. The molecule has 0 spiro atoms. The van der Waals surface area contributed by atoms with E-state index < -0.39 is 0 Å². The molecule has 0 amide bonds. The summed E-state index contributed by atoms with van der Waals surface area (Å²) in [5.74, 6) is 0.